The monoisotopic (exact) mass is 185 g/mol. The van der Waals surface area contributed by atoms with Crippen LogP contribution in [-0.4, -0.2) is 21.2 Å². The van der Waals surface area contributed by atoms with Gasteiger partial charge in [-0.05, 0) is 12.1 Å². The molecule has 0 atom stereocenters. The number of anilines is 1. The van der Waals surface area contributed by atoms with E-state index in [2.05, 4.69) is 0 Å². The van der Waals surface area contributed by atoms with E-state index in [1.165, 1.54) is 0 Å². The fourth-order valence-electron chi connectivity index (χ4n) is 1.05. The van der Waals surface area contributed by atoms with E-state index in [-0.39, 0.29) is 0 Å². The van der Waals surface area contributed by atoms with Crippen LogP contribution in [0.15, 0.2) is 18.2 Å². The van der Waals surface area contributed by atoms with Crippen molar-refractivity contribution in [3.8, 4) is 5.75 Å². The van der Waals surface area contributed by atoms with Gasteiger partial charge in [0, 0.05) is 14.1 Å². The van der Waals surface area contributed by atoms with Crippen molar-refractivity contribution in [2.45, 2.75) is 0 Å². The van der Waals surface area contributed by atoms with E-state index in [0.717, 1.165) is 11.4 Å². The molecule has 0 spiro atoms. The summed E-state index contributed by atoms with van der Waals surface area (Å²) in [4.78, 5) is 1.96. The van der Waals surface area contributed by atoms with E-state index in [0.29, 0.717) is 5.02 Å². The molecule has 0 aliphatic carbocycles. The van der Waals surface area contributed by atoms with Gasteiger partial charge in [-0.3, -0.25) is 0 Å². The molecule has 0 aliphatic rings. The summed E-state index contributed by atoms with van der Waals surface area (Å²) in [5.41, 5.74) is 0.991. The minimum Gasteiger partial charge on any atom is -0.493 e. The van der Waals surface area contributed by atoms with E-state index in [1.807, 2.05) is 37.2 Å². The number of rotatable bonds is 2. The predicted molar refractivity (Wildman–Crippen MR) is 52.3 cm³/mol. The van der Waals surface area contributed by atoms with Gasteiger partial charge in [-0.1, -0.05) is 17.7 Å². The van der Waals surface area contributed by atoms with Gasteiger partial charge in [-0.25, -0.2) is 0 Å². The van der Waals surface area contributed by atoms with E-state index in [9.17, 15) is 0 Å². The Morgan fingerprint density at radius 3 is 2.42 bits per heavy atom. The number of hydrogen-bond donors (Lipinski definition) is 0. The van der Waals surface area contributed by atoms with Crippen molar-refractivity contribution in [2.24, 2.45) is 0 Å². The van der Waals surface area contributed by atoms with Crippen LogP contribution in [0.5, 0.6) is 5.75 Å². The van der Waals surface area contributed by atoms with Crippen molar-refractivity contribution in [1.82, 2.24) is 0 Å². The minimum absolute atomic E-state index is 0.642. The zero-order chi connectivity index (χ0) is 9.14. The molecule has 2 nitrogen and oxygen atoms in total. The molecular weight excluding hydrogens is 174 g/mol. The van der Waals surface area contributed by atoms with Crippen LogP contribution in [0.3, 0.4) is 0 Å². The molecule has 1 aromatic rings. The number of ether oxygens (including phenoxy) is 1. The first-order chi connectivity index (χ1) is 5.66. The summed E-state index contributed by atoms with van der Waals surface area (Å²) in [5.74, 6) is 0.726. The normalized spacial score (nSPS) is 9.67. The standard InChI is InChI=1S/C9H12ClNO/c1-11(2)8-6-4-5-7(10)9(8)12-3/h4-6H,1-3H3. The number of methoxy groups -OCH3 is 1. The van der Waals surface area contributed by atoms with Crippen molar-refractivity contribution in [1.29, 1.82) is 0 Å². The van der Waals surface area contributed by atoms with E-state index < -0.39 is 0 Å². The lowest BCUT2D eigenvalue weighted by Crippen LogP contribution is -2.09. The van der Waals surface area contributed by atoms with Crippen LogP contribution >= 0.6 is 11.6 Å². The Morgan fingerprint density at radius 1 is 1.33 bits per heavy atom. The molecule has 0 amide bonds. The van der Waals surface area contributed by atoms with Crippen molar-refractivity contribution in [3.63, 3.8) is 0 Å². The van der Waals surface area contributed by atoms with Crippen LogP contribution in [0, 0.1) is 0 Å². The van der Waals surface area contributed by atoms with Crippen LogP contribution in [-0.2, 0) is 0 Å². The van der Waals surface area contributed by atoms with E-state index >= 15 is 0 Å². The third-order valence-corrected chi connectivity index (χ3v) is 1.93. The molecule has 0 N–H and O–H groups in total. The topological polar surface area (TPSA) is 12.5 Å². The molecule has 0 saturated carbocycles. The maximum Gasteiger partial charge on any atom is 0.160 e. The molecule has 0 heterocycles. The molecule has 0 bridgehead atoms. The van der Waals surface area contributed by atoms with Crippen LogP contribution in [0.25, 0.3) is 0 Å². The second-order valence-corrected chi connectivity index (χ2v) is 3.09. The lowest BCUT2D eigenvalue weighted by molar-refractivity contribution is 0.415. The summed E-state index contributed by atoms with van der Waals surface area (Å²) in [5, 5.41) is 0.642. The van der Waals surface area contributed by atoms with Gasteiger partial charge in [-0.2, -0.15) is 0 Å². The first-order valence-electron chi connectivity index (χ1n) is 3.66. The van der Waals surface area contributed by atoms with Crippen LogP contribution < -0.4 is 9.64 Å². The summed E-state index contributed by atoms with van der Waals surface area (Å²) in [6, 6.07) is 5.68. The minimum atomic E-state index is 0.642. The van der Waals surface area contributed by atoms with Gasteiger partial charge in [0.15, 0.2) is 5.75 Å². The fraction of sp³-hybridized carbons (Fsp3) is 0.333. The molecule has 0 aromatic heterocycles. The summed E-state index contributed by atoms with van der Waals surface area (Å²) in [6.07, 6.45) is 0. The highest BCUT2D eigenvalue weighted by atomic mass is 35.5. The average molecular weight is 186 g/mol. The average Bonchev–Trinajstić information content (AvgIpc) is 2.03. The van der Waals surface area contributed by atoms with Crippen LogP contribution in [0.2, 0.25) is 5.02 Å². The number of benzene rings is 1. The number of halogens is 1. The van der Waals surface area contributed by atoms with Crippen molar-refractivity contribution in [3.05, 3.63) is 23.2 Å². The Bertz CT molecular complexity index is 273. The molecular formula is C9H12ClNO. The number of hydrogen-bond acceptors (Lipinski definition) is 2. The SMILES string of the molecule is COc1c(Cl)cccc1N(C)C. The largest absolute Gasteiger partial charge is 0.493 e. The lowest BCUT2D eigenvalue weighted by atomic mass is 10.3. The summed E-state index contributed by atoms with van der Waals surface area (Å²) in [6.45, 7) is 0. The second-order valence-electron chi connectivity index (χ2n) is 2.69. The van der Waals surface area contributed by atoms with Crippen LogP contribution in [0.1, 0.15) is 0 Å². The second kappa shape index (κ2) is 3.68. The Hall–Kier alpha value is -0.890. The zero-order valence-corrected chi connectivity index (χ0v) is 8.22. The first kappa shape index (κ1) is 9.20. The Balaban J connectivity index is 3.18. The molecule has 0 unspecified atom stereocenters. The maximum atomic E-state index is 5.92. The lowest BCUT2D eigenvalue weighted by Gasteiger charge is -2.16. The smallest absolute Gasteiger partial charge is 0.160 e. The zero-order valence-electron chi connectivity index (χ0n) is 7.47. The molecule has 3 heteroatoms. The quantitative estimate of drug-likeness (QED) is 0.702. The predicted octanol–water partition coefficient (Wildman–Crippen LogP) is 2.41. The molecule has 0 aliphatic heterocycles. The Labute approximate surface area is 77.7 Å². The maximum absolute atomic E-state index is 5.92. The van der Waals surface area contributed by atoms with Gasteiger partial charge in [0.1, 0.15) is 0 Å². The molecule has 1 aromatic carbocycles. The third-order valence-electron chi connectivity index (χ3n) is 1.63. The van der Waals surface area contributed by atoms with E-state index in [4.69, 9.17) is 16.3 Å². The summed E-state index contributed by atoms with van der Waals surface area (Å²) < 4.78 is 5.16. The van der Waals surface area contributed by atoms with Crippen molar-refractivity contribution < 1.29 is 4.74 Å². The van der Waals surface area contributed by atoms with Gasteiger partial charge in [0.05, 0.1) is 17.8 Å². The number of para-hydroxylation sites is 1. The van der Waals surface area contributed by atoms with Gasteiger partial charge < -0.3 is 9.64 Å². The highest BCUT2D eigenvalue weighted by molar-refractivity contribution is 6.32. The van der Waals surface area contributed by atoms with E-state index in [1.54, 1.807) is 7.11 Å². The fourth-order valence-corrected chi connectivity index (χ4v) is 1.30. The van der Waals surface area contributed by atoms with Crippen LogP contribution in [0.4, 0.5) is 5.69 Å². The Morgan fingerprint density at radius 2 is 2.00 bits per heavy atom. The van der Waals surface area contributed by atoms with Crippen molar-refractivity contribution in [2.75, 3.05) is 26.1 Å². The molecule has 12 heavy (non-hydrogen) atoms. The molecule has 1 rings (SSSR count). The number of nitrogens with zero attached hydrogens (tertiary/aromatic N) is 1. The highest BCUT2D eigenvalue weighted by Crippen LogP contribution is 2.33. The summed E-state index contributed by atoms with van der Waals surface area (Å²) in [7, 11) is 5.52. The Kier molecular flexibility index (Phi) is 2.82. The van der Waals surface area contributed by atoms with Gasteiger partial charge in [-0.15, -0.1) is 0 Å². The third kappa shape index (κ3) is 1.64. The van der Waals surface area contributed by atoms with Gasteiger partial charge >= 0.3 is 0 Å². The van der Waals surface area contributed by atoms with Crippen molar-refractivity contribution >= 4 is 17.3 Å². The molecule has 0 fully saturated rings. The molecule has 66 valence electrons. The summed E-state index contributed by atoms with van der Waals surface area (Å²) >= 11 is 5.92. The van der Waals surface area contributed by atoms with Gasteiger partial charge in [0.2, 0.25) is 0 Å². The first-order valence-corrected chi connectivity index (χ1v) is 4.04. The van der Waals surface area contributed by atoms with Gasteiger partial charge in [0.25, 0.3) is 0 Å². The highest BCUT2D eigenvalue weighted by Gasteiger charge is 2.07. The molecule has 0 saturated heterocycles. The molecule has 0 radical (unpaired) electrons.